The lowest BCUT2D eigenvalue weighted by atomic mass is 9.92. The van der Waals surface area contributed by atoms with Crippen LogP contribution in [0.1, 0.15) is 52.4 Å². The molecule has 3 nitrogen and oxygen atoms in total. The van der Waals surface area contributed by atoms with Gasteiger partial charge in [-0.05, 0) is 26.7 Å². The summed E-state index contributed by atoms with van der Waals surface area (Å²) in [6, 6.07) is 0.365. The molecule has 17 heavy (non-hydrogen) atoms. The van der Waals surface area contributed by atoms with E-state index < -0.39 is 0 Å². The third kappa shape index (κ3) is 3.67. The van der Waals surface area contributed by atoms with Crippen molar-refractivity contribution in [2.24, 2.45) is 0 Å². The highest BCUT2D eigenvalue weighted by Crippen LogP contribution is 2.24. The van der Waals surface area contributed by atoms with E-state index in [0.29, 0.717) is 18.2 Å². The molecule has 2 aliphatic rings. The molecule has 1 heterocycles. The topological polar surface area (TPSA) is 32.7 Å². The second kappa shape index (κ2) is 6.17. The quantitative estimate of drug-likeness (QED) is 0.764. The van der Waals surface area contributed by atoms with Gasteiger partial charge in [0.05, 0.1) is 18.3 Å². The van der Waals surface area contributed by atoms with E-state index in [-0.39, 0.29) is 6.10 Å². The molecule has 0 radical (unpaired) electrons. The van der Waals surface area contributed by atoms with Gasteiger partial charge in [0.15, 0.2) is 0 Å². The van der Waals surface area contributed by atoms with Crippen molar-refractivity contribution in [3.05, 3.63) is 0 Å². The largest absolute Gasteiger partial charge is 0.391 e. The summed E-state index contributed by atoms with van der Waals surface area (Å²) in [7, 11) is 0. The number of aliphatic hydroxyl groups is 1. The van der Waals surface area contributed by atoms with E-state index in [1.54, 1.807) is 0 Å². The second-order valence-electron chi connectivity index (χ2n) is 5.84. The monoisotopic (exact) mass is 241 g/mol. The van der Waals surface area contributed by atoms with Gasteiger partial charge in [0.2, 0.25) is 0 Å². The van der Waals surface area contributed by atoms with Gasteiger partial charge >= 0.3 is 0 Å². The average molecular weight is 241 g/mol. The summed E-state index contributed by atoms with van der Waals surface area (Å²) in [5.74, 6) is 0. The van der Waals surface area contributed by atoms with E-state index in [4.69, 9.17) is 4.74 Å². The van der Waals surface area contributed by atoms with Gasteiger partial charge in [-0.25, -0.2) is 0 Å². The van der Waals surface area contributed by atoms with Gasteiger partial charge in [-0.2, -0.15) is 0 Å². The van der Waals surface area contributed by atoms with Crippen LogP contribution in [0.4, 0.5) is 0 Å². The number of hydrogen-bond acceptors (Lipinski definition) is 3. The van der Waals surface area contributed by atoms with Crippen LogP contribution in [0.25, 0.3) is 0 Å². The highest BCUT2D eigenvalue weighted by Gasteiger charge is 2.32. The van der Waals surface area contributed by atoms with Gasteiger partial charge in [0.1, 0.15) is 0 Å². The molecule has 2 fully saturated rings. The smallest absolute Gasteiger partial charge is 0.0695 e. The maximum atomic E-state index is 10.3. The predicted octanol–water partition coefficient (Wildman–Crippen LogP) is 2.18. The molecule has 3 heteroatoms. The third-order valence-electron chi connectivity index (χ3n) is 4.11. The second-order valence-corrected chi connectivity index (χ2v) is 5.84. The van der Waals surface area contributed by atoms with Crippen molar-refractivity contribution in [2.75, 3.05) is 13.1 Å². The Morgan fingerprint density at radius 3 is 2.18 bits per heavy atom. The highest BCUT2D eigenvalue weighted by molar-refractivity contribution is 4.85. The van der Waals surface area contributed by atoms with E-state index in [0.717, 1.165) is 25.9 Å². The molecular weight excluding hydrogens is 214 g/mol. The lowest BCUT2D eigenvalue weighted by Gasteiger charge is -2.42. The van der Waals surface area contributed by atoms with E-state index in [1.165, 1.54) is 25.7 Å². The fraction of sp³-hybridized carbons (Fsp3) is 1.00. The highest BCUT2D eigenvalue weighted by atomic mass is 16.5. The van der Waals surface area contributed by atoms with Crippen molar-refractivity contribution in [1.82, 2.24) is 4.90 Å². The summed E-state index contributed by atoms with van der Waals surface area (Å²) in [5.41, 5.74) is 0. The van der Waals surface area contributed by atoms with Crippen molar-refractivity contribution < 1.29 is 9.84 Å². The van der Waals surface area contributed by atoms with E-state index >= 15 is 0 Å². The van der Waals surface area contributed by atoms with E-state index in [1.807, 2.05) is 0 Å². The van der Waals surface area contributed by atoms with Gasteiger partial charge in [0.25, 0.3) is 0 Å². The number of ether oxygens (including phenoxy) is 1. The Kier molecular flexibility index (Phi) is 4.83. The number of morpholine rings is 1. The predicted molar refractivity (Wildman–Crippen MR) is 69.1 cm³/mol. The van der Waals surface area contributed by atoms with Crippen LogP contribution < -0.4 is 0 Å². The van der Waals surface area contributed by atoms with Crippen molar-refractivity contribution in [3.8, 4) is 0 Å². The molecule has 1 saturated carbocycles. The van der Waals surface area contributed by atoms with Crippen LogP contribution in [-0.2, 0) is 4.74 Å². The maximum Gasteiger partial charge on any atom is 0.0695 e. The molecule has 1 saturated heterocycles. The standard InChI is InChI=1S/C14H27NO2/c1-11-9-15(10-12(2)17-11)13-7-5-3-4-6-8-14(13)16/h11-14,16H,3-10H2,1-2H3/t11-,12+,13?,14?. The van der Waals surface area contributed by atoms with Crippen molar-refractivity contribution >= 4 is 0 Å². The van der Waals surface area contributed by atoms with Gasteiger partial charge in [-0.1, -0.05) is 25.7 Å². The number of hydrogen-bond donors (Lipinski definition) is 1. The van der Waals surface area contributed by atoms with Crippen LogP contribution in [0.15, 0.2) is 0 Å². The fourth-order valence-electron chi connectivity index (χ4n) is 3.36. The molecule has 0 amide bonds. The molecule has 1 N–H and O–H groups in total. The summed E-state index contributed by atoms with van der Waals surface area (Å²) < 4.78 is 5.78. The molecular formula is C14H27NO2. The molecule has 4 atom stereocenters. The number of rotatable bonds is 1. The molecule has 2 unspecified atom stereocenters. The molecule has 0 spiro atoms. The average Bonchev–Trinajstić information content (AvgIpc) is 2.22. The molecule has 2 rings (SSSR count). The van der Waals surface area contributed by atoms with Crippen LogP contribution in [0.2, 0.25) is 0 Å². The number of aliphatic hydroxyl groups excluding tert-OH is 1. The van der Waals surface area contributed by atoms with Crippen LogP contribution in [0, 0.1) is 0 Å². The minimum Gasteiger partial charge on any atom is -0.391 e. The summed E-state index contributed by atoms with van der Waals surface area (Å²) >= 11 is 0. The Bertz CT molecular complexity index is 224. The third-order valence-corrected chi connectivity index (χ3v) is 4.11. The summed E-state index contributed by atoms with van der Waals surface area (Å²) in [6.07, 6.45) is 7.68. The van der Waals surface area contributed by atoms with Crippen LogP contribution in [0.3, 0.4) is 0 Å². The summed E-state index contributed by atoms with van der Waals surface area (Å²) in [5, 5.41) is 10.3. The molecule has 0 aromatic carbocycles. The minimum atomic E-state index is -0.132. The van der Waals surface area contributed by atoms with E-state index in [9.17, 15) is 5.11 Å². The van der Waals surface area contributed by atoms with Crippen molar-refractivity contribution in [2.45, 2.75) is 76.7 Å². The van der Waals surface area contributed by atoms with Gasteiger partial charge in [-0.15, -0.1) is 0 Å². The summed E-state index contributed by atoms with van der Waals surface area (Å²) in [6.45, 7) is 6.23. The SMILES string of the molecule is C[C@@H]1CN(C2CCCCCCC2O)C[C@H](C)O1. The van der Waals surface area contributed by atoms with Gasteiger partial charge in [0, 0.05) is 19.1 Å². The minimum absolute atomic E-state index is 0.132. The van der Waals surface area contributed by atoms with Gasteiger partial charge < -0.3 is 9.84 Å². The molecule has 1 aliphatic carbocycles. The molecule has 100 valence electrons. The van der Waals surface area contributed by atoms with Crippen LogP contribution in [-0.4, -0.2) is 47.4 Å². The lowest BCUT2D eigenvalue weighted by molar-refractivity contribution is -0.0988. The zero-order valence-electron chi connectivity index (χ0n) is 11.3. The molecule has 0 bridgehead atoms. The molecule has 0 aromatic rings. The fourth-order valence-corrected chi connectivity index (χ4v) is 3.36. The first-order valence-corrected chi connectivity index (χ1v) is 7.24. The Labute approximate surface area is 105 Å². The molecule has 1 aliphatic heterocycles. The maximum absolute atomic E-state index is 10.3. The zero-order chi connectivity index (χ0) is 12.3. The van der Waals surface area contributed by atoms with Crippen molar-refractivity contribution in [3.63, 3.8) is 0 Å². The summed E-state index contributed by atoms with van der Waals surface area (Å²) in [4.78, 5) is 2.47. The molecule has 0 aromatic heterocycles. The van der Waals surface area contributed by atoms with Crippen LogP contribution in [0.5, 0.6) is 0 Å². The first-order chi connectivity index (χ1) is 8.16. The van der Waals surface area contributed by atoms with Crippen molar-refractivity contribution in [1.29, 1.82) is 0 Å². The zero-order valence-corrected chi connectivity index (χ0v) is 11.3. The first kappa shape index (κ1) is 13.3. The van der Waals surface area contributed by atoms with Crippen LogP contribution >= 0.6 is 0 Å². The number of nitrogens with zero attached hydrogens (tertiary/aromatic N) is 1. The lowest BCUT2D eigenvalue weighted by Crippen LogP contribution is -2.53. The van der Waals surface area contributed by atoms with Gasteiger partial charge in [-0.3, -0.25) is 4.90 Å². The Hall–Kier alpha value is -0.120. The Morgan fingerprint density at radius 2 is 1.53 bits per heavy atom. The Morgan fingerprint density at radius 1 is 0.941 bits per heavy atom. The van der Waals surface area contributed by atoms with E-state index in [2.05, 4.69) is 18.7 Å². The first-order valence-electron chi connectivity index (χ1n) is 7.24. The normalized spacial score (nSPS) is 41.8. The Balaban J connectivity index is 1.97.